The molecule has 0 bridgehead atoms. The van der Waals surface area contributed by atoms with Crippen LogP contribution in [0, 0.1) is 16.7 Å². The standard InChI is InChI=1S/C12H14N2O2/c1-9(7-10-3-2-6-16-10)14-11(15)12(8-13)4-5-12/h2-3,6,9H,4-5,7H2,1H3,(H,14,15). The number of carbonyl (C=O) groups excluding carboxylic acids is 1. The van der Waals surface area contributed by atoms with Crippen molar-refractivity contribution < 1.29 is 9.21 Å². The fourth-order valence-electron chi connectivity index (χ4n) is 1.66. The van der Waals surface area contributed by atoms with E-state index in [0.717, 1.165) is 5.76 Å². The van der Waals surface area contributed by atoms with Crippen LogP contribution in [0.25, 0.3) is 0 Å². The van der Waals surface area contributed by atoms with Gasteiger partial charge in [-0.2, -0.15) is 5.26 Å². The van der Waals surface area contributed by atoms with Crippen LogP contribution in [0.1, 0.15) is 25.5 Å². The number of nitrogens with one attached hydrogen (secondary N) is 1. The zero-order valence-corrected chi connectivity index (χ0v) is 9.19. The Morgan fingerprint density at radius 1 is 1.75 bits per heavy atom. The predicted molar refractivity (Wildman–Crippen MR) is 57.3 cm³/mol. The summed E-state index contributed by atoms with van der Waals surface area (Å²) < 4.78 is 5.20. The molecule has 1 fully saturated rings. The van der Waals surface area contributed by atoms with Gasteiger partial charge in [0, 0.05) is 12.5 Å². The number of nitriles is 1. The van der Waals surface area contributed by atoms with Gasteiger partial charge in [0.1, 0.15) is 11.2 Å². The maximum atomic E-state index is 11.7. The number of hydrogen-bond donors (Lipinski definition) is 1. The van der Waals surface area contributed by atoms with Gasteiger partial charge in [0.2, 0.25) is 5.91 Å². The van der Waals surface area contributed by atoms with Gasteiger partial charge in [0.05, 0.1) is 12.3 Å². The summed E-state index contributed by atoms with van der Waals surface area (Å²) in [6, 6.07) is 5.77. The van der Waals surface area contributed by atoms with Gasteiger partial charge in [-0.25, -0.2) is 0 Å². The molecule has 0 aromatic carbocycles. The molecular weight excluding hydrogens is 204 g/mol. The van der Waals surface area contributed by atoms with Crippen molar-refractivity contribution in [2.24, 2.45) is 5.41 Å². The van der Waals surface area contributed by atoms with Crippen LogP contribution in [-0.2, 0) is 11.2 Å². The third-order valence-electron chi connectivity index (χ3n) is 2.86. The van der Waals surface area contributed by atoms with Gasteiger partial charge in [-0.15, -0.1) is 0 Å². The van der Waals surface area contributed by atoms with Crippen molar-refractivity contribution in [2.75, 3.05) is 0 Å². The molecule has 1 saturated carbocycles. The van der Waals surface area contributed by atoms with E-state index in [-0.39, 0.29) is 11.9 Å². The zero-order chi connectivity index (χ0) is 11.6. The van der Waals surface area contributed by atoms with Crippen molar-refractivity contribution in [3.8, 4) is 6.07 Å². The summed E-state index contributed by atoms with van der Waals surface area (Å²) in [6.45, 7) is 1.91. The Hall–Kier alpha value is -1.76. The average Bonchev–Trinajstić information content (AvgIpc) is 2.91. The minimum absolute atomic E-state index is 0.00975. The molecule has 0 aliphatic heterocycles. The van der Waals surface area contributed by atoms with Crippen molar-refractivity contribution >= 4 is 5.91 Å². The molecule has 16 heavy (non-hydrogen) atoms. The Balaban J connectivity index is 1.86. The first-order valence-corrected chi connectivity index (χ1v) is 5.41. The highest BCUT2D eigenvalue weighted by molar-refractivity contribution is 5.88. The van der Waals surface area contributed by atoms with Crippen LogP contribution in [0.2, 0.25) is 0 Å². The first-order chi connectivity index (χ1) is 7.66. The molecule has 1 amide bonds. The second-order valence-electron chi connectivity index (χ2n) is 4.35. The molecular formula is C12H14N2O2. The molecule has 4 nitrogen and oxygen atoms in total. The van der Waals surface area contributed by atoms with Gasteiger partial charge in [-0.05, 0) is 31.9 Å². The van der Waals surface area contributed by atoms with Crippen molar-refractivity contribution in [3.05, 3.63) is 24.2 Å². The van der Waals surface area contributed by atoms with Crippen molar-refractivity contribution in [3.63, 3.8) is 0 Å². The van der Waals surface area contributed by atoms with Crippen LogP contribution in [0.5, 0.6) is 0 Å². The van der Waals surface area contributed by atoms with E-state index in [9.17, 15) is 4.79 Å². The third-order valence-corrected chi connectivity index (χ3v) is 2.86. The number of amides is 1. The monoisotopic (exact) mass is 218 g/mol. The van der Waals surface area contributed by atoms with E-state index in [0.29, 0.717) is 19.3 Å². The minimum Gasteiger partial charge on any atom is -0.469 e. The molecule has 1 aliphatic rings. The first-order valence-electron chi connectivity index (χ1n) is 5.41. The molecule has 1 atom stereocenters. The highest BCUT2D eigenvalue weighted by atomic mass is 16.3. The van der Waals surface area contributed by atoms with E-state index in [2.05, 4.69) is 11.4 Å². The topological polar surface area (TPSA) is 66.0 Å². The van der Waals surface area contributed by atoms with Gasteiger partial charge in [-0.3, -0.25) is 4.79 Å². The smallest absolute Gasteiger partial charge is 0.240 e. The first kappa shape index (κ1) is 10.7. The normalized spacial score (nSPS) is 18.5. The highest BCUT2D eigenvalue weighted by Gasteiger charge is 2.50. The lowest BCUT2D eigenvalue weighted by molar-refractivity contribution is -0.125. The Labute approximate surface area is 94.2 Å². The molecule has 4 heteroatoms. The lowest BCUT2D eigenvalue weighted by Crippen LogP contribution is -2.38. The van der Waals surface area contributed by atoms with Crippen LogP contribution in [0.3, 0.4) is 0 Å². The molecule has 1 aliphatic carbocycles. The second-order valence-corrected chi connectivity index (χ2v) is 4.35. The van der Waals surface area contributed by atoms with Crippen molar-refractivity contribution in [1.82, 2.24) is 5.32 Å². The van der Waals surface area contributed by atoms with E-state index in [1.165, 1.54) is 0 Å². The Bertz CT molecular complexity index is 413. The number of carbonyl (C=O) groups is 1. The maximum absolute atomic E-state index is 11.7. The van der Waals surface area contributed by atoms with Gasteiger partial charge >= 0.3 is 0 Å². The van der Waals surface area contributed by atoms with E-state index in [4.69, 9.17) is 9.68 Å². The average molecular weight is 218 g/mol. The fraction of sp³-hybridized carbons (Fsp3) is 0.500. The predicted octanol–water partition coefficient (Wildman–Crippen LogP) is 1.63. The third kappa shape index (κ3) is 2.08. The molecule has 0 radical (unpaired) electrons. The lowest BCUT2D eigenvalue weighted by Gasteiger charge is -2.14. The number of furan rings is 1. The fourth-order valence-corrected chi connectivity index (χ4v) is 1.66. The molecule has 1 unspecified atom stereocenters. The van der Waals surface area contributed by atoms with E-state index in [1.54, 1.807) is 6.26 Å². The van der Waals surface area contributed by atoms with E-state index >= 15 is 0 Å². The summed E-state index contributed by atoms with van der Waals surface area (Å²) in [7, 11) is 0. The van der Waals surface area contributed by atoms with Gasteiger partial charge in [0.25, 0.3) is 0 Å². The van der Waals surface area contributed by atoms with Crippen LogP contribution in [0.15, 0.2) is 22.8 Å². The van der Waals surface area contributed by atoms with Crippen LogP contribution < -0.4 is 5.32 Å². The SMILES string of the molecule is CC(Cc1ccco1)NC(=O)C1(C#N)CC1. The molecule has 0 spiro atoms. The summed E-state index contributed by atoms with van der Waals surface area (Å²) in [5, 5.41) is 11.7. The molecule has 1 N–H and O–H groups in total. The van der Waals surface area contributed by atoms with Gasteiger partial charge in [0.15, 0.2) is 0 Å². The zero-order valence-electron chi connectivity index (χ0n) is 9.19. The largest absolute Gasteiger partial charge is 0.469 e. The molecule has 0 saturated heterocycles. The number of rotatable bonds is 4. The molecule has 84 valence electrons. The van der Waals surface area contributed by atoms with Crippen molar-refractivity contribution in [2.45, 2.75) is 32.2 Å². The molecule has 1 aromatic heterocycles. The van der Waals surface area contributed by atoms with Gasteiger partial charge in [-0.1, -0.05) is 0 Å². The summed E-state index contributed by atoms with van der Waals surface area (Å²) in [5.74, 6) is 0.698. The molecule has 1 aromatic rings. The van der Waals surface area contributed by atoms with Gasteiger partial charge < -0.3 is 9.73 Å². The summed E-state index contributed by atoms with van der Waals surface area (Å²) in [6.07, 6.45) is 3.63. The number of hydrogen-bond acceptors (Lipinski definition) is 3. The second kappa shape index (κ2) is 4.01. The van der Waals surface area contributed by atoms with Crippen LogP contribution in [0.4, 0.5) is 0 Å². The van der Waals surface area contributed by atoms with E-state index < -0.39 is 5.41 Å². The maximum Gasteiger partial charge on any atom is 0.240 e. The molecule has 1 heterocycles. The number of nitrogens with zero attached hydrogens (tertiary/aromatic N) is 1. The summed E-state index contributed by atoms with van der Waals surface area (Å²) in [5.41, 5.74) is -0.739. The van der Waals surface area contributed by atoms with Crippen LogP contribution >= 0.6 is 0 Å². The Morgan fingerprint density at radius 3 is 3.00 bits per heavy atom. The quantitative estimate of drug-likeness (QED) is 0.835. The highest BCUT2D eigenvalue weighted by Crippen LogP contribution is 2.45. The summed E-state index contributed by atoms with van der Waals surface area (Å²) in [4.78, 5) is 11.7. The Kier molecular flexibility index (Phi) is 2.69. The molecule has 2 rings (SSSR count). The van der Waals surface area contributed by atoms with E-state index in [1.807, 2.05) is 19.1 Å². The lowest BCUT2D eigenvalue weighted by atomic mass is 10.1. The Morgan fingerprint density at radius 2 is 2.50 bits per heavy atom. The minimum atomic E-state index is -0.739. The van der Waals surface area contributed by atoms with Crippen molar-refractivity contribution in [1.29, 1.82) is 5.26 Å². The van der Waals surface area contributed by atoms with Crippen LogP contribution in [-0.4, -0.2) is 11.9 Å². The summed E-state index contributed by atoms with van der Waals surface area (Å²) >= 11 is 0.